The third-order valence-corrected chi connectivity index (χ3v) is 8.81. The fraction of sp³-hybridized carbons (Fsp3) is 0.484. The van der Waals surface area contributed by atoms with Crippen LogP contribution in [0.15, 0.2) is 51.7 Å². The second-order valence-corrected chi connectivity index (χ2v) is 11.1. The van der Waals surface area contributed by atoms with Gasteiger partial charge in [-0.1, -0.05) is 43.2 Å². The van der Waals surface area contributed by atoms with Gasteiger partial charge in [0.25, 0.3) is 5.91 Å². The number of likely N-dealkylation sites (tertiary alicyclic amines) is 1. The molecule has 6 rings (SSSR count). The standard InChI is InChI=1S/C31H35NO5/c1-20-17-25(28-22-11-5-6-12-23(22)30(34)37-26(28)18-20)36-19-27(33)32-16-15-31(35)14-8-7-13-24(31)29(32)21-9-3-2-4-10-21/h2-4,9-10,17-18,24,29,35H,5-8,11-16,19H2,1H3/t24-,29-,31+/m0/s1. The van der Waals surface area contributed by atoms with Crippen molar-refractivity contribution >= 4 is 16.9 Å². The SMILES string of the molecule is Cc1cc(OCC(=O)N2CC[C@]3(O)CCCC[C@H]3[C@@H]2c2ccccc2)c2c3c(c(=O)oc2c1)CCCC3. The summed E-state index contributed by atoms with van der Waals surface area (Å²) < 4.78 is 11.9. The summed E-state index contributed by atoms with van der Waals surface area (Å²) in [5.74, 6) is 0.539. The number of hydrogen-bond donors (Lipinski definition) is 1. The van der Waals surface area contributed by atoms with E-state index in [1.807, 2.05) is 42.2 Å². The second kappa shape index (κ2) is 9.64. The molecule has 1 N–H and O–H groups in total. The molecule has 0 unspecified atom stereocenters. The van der Waals surface area contributed by atoms with E-state index in [0.29, 0.717) is 24.3 Å². The zero-order valence-corrected chi connectivity index (χ0v) is 21.5. The third kappa shape index (κ3) is 4.35. The predicted octanol–water partition coefficient (Wildman–Crippen LogP) is 5.25. The van der Waals surface area contributed by atoms with E-state index in [-0.39, 0.29) is 30.1 Å². The van der Waals surface area contributed by atoms with Crippen molar-refractivity contribution in [2.45, 2.75) is 76.4 Å². The first kappa shape index (κ1) is 24.2. The Morgan fingerprint density at radius 3 is 2.68 bits per heavy atom. The number of piperidine rings is 1. The molecule has 1 aliphatic heterocycles. The maximum Gasteiger partial charge on any atom is 0.339 e. The lowest BCUT2D eigenvalue weighted by atomic mass is 9.66. The van der Waals surface area contributed by atoms with Crippen LogP contribution in [0.2, 0.25) is 0 Å². The highest BCUT2D eigenvalue weighted by Gasteiger charge is 2.50. The van der Waals surface area contributed by atoms with Crippen molar-refractivity contribution in [2.75, 3.05) is 13.2 Å². The molecule has 1 aromatic heterocycles. The van der Waals surface area contributed by atoms with Crippen LogP contribution in [0.4, 0.5) is 0 Å². The van der Waals surface area contributed by atoms with E-state index in [2.05, 4.69) is 12.1 Å². The van der Waals surface area contributed by atoms with Crippen molar-refractivity contribution in [3.05, 3.63) is 75.1 Å². The number of nitrogens with zero attached hydrogens (tertiary/aromatic N) is 1. The summed E-state index contributed by atoms with van der Waals surface area (Å²) in [5.41, 5.74) is 3.29. The number of hydrogen-bond acceptors (Lipinski definition) is 5. The van der Waals surface area contributed by atoms with Crippen molar-refractivity contribution in [1.29, 1.82) is 0 Å². The fourth-order valence-corrected chi connectivity index (χ4v) is 7.03. The van der Waals surface area contributed by atoms with Gasteiger partial charge in [-0.25, -0.2) is 4.79 Å². The Kier molecular flexibility index (Phi) is 6.31. The van der Waals surface area contributed by atoms with Crippen LogP contribution in [0, 0.1) is 12.8 Å². The first-order chi connectivity index (χ1) is 17.9. The first-order valence-electron chi connectivity index (χ1n) is 13.7. The highest BCUT2D eigenvalue weighted by molar-refractivity contribution is 5.89. The van der Waals surface area contributed by atoms with Gasteiger partial charge in [-0.3, -0.25) is 4.79 Å². The third-order valence-electron chi connectivity index (χ3n) is 8.81. The van der Waals surface area contributed by atoms with Crippen LogP contribution < -0.4 is 10.4 Å². The van der Waals surface area contributed by atoms with Gasteiger partial charge in [0.1, 0.15) is 11.3 Å². The molecule has 3 atom stereocenters. The van der Waals surface area contributed by atoms with Crippen LogP contribution in [-0.4, -0.2) is 34.7 Å². The molecule has 3 aliphatic rings. The predicted molar refractivity (Wildman–Crippen MR) is 142 cm³/mol. The molecule has 0 spiro atoms. The molecule has 0 bridgehead atoms. The molecule has 37 heavy (non-hydrogen) atoms. The lowest BCUT2D eigenvalue weighted by Gasteiger charge is -2.52. The molecule has 2 aliphatic carbocycles. The summed E-state index contributed by atoms with van der Waals surface area (Å²) in [5, 5.41) is 12.3. The van der Waals surface area contributed by atoms with Crippen LogP contribution in [0.5, 0.6) is 5.75 Å². The maximum absolute atomic E-state index is 13.7. The molecule has 6 nitrogen and oxygen atoms in total. The van der Waals surface area contributed by atoms with Gasteiger partial charge in [0, 0.05) is 18.0 Å². The van der Waals surface area contributed by atoms with Crippen molar-refractivity contribution in [3.63, 3.8) is 0 Å². The Hall–Kier alpha value is -3.12. The normalized spacial score (nSPS) is 25.4. The number of ether oxygens (including phenoxy) is 1. The summed E-state index contributed by atoms with van der Waals surface area (Å²) in [6.45, 7) is 2.35. The number of fused-ring (bicyclic) bond motifs is 4. The van der Waals surface area contributed by atoms with Crippen molar-refractivity contribution in [1.82, 2.24) is 4.90 Å². The summed E-state index contributed by atoms with van der Waals surface area (Å²) in [6, 6.07) is 13.8. The van der Waals surface area contributed by atoms with Crippen LogP contribution >= 0.6 is 0 Å². The number of aryl methyl sites for hydroxylation is 2. The zero-order chi connectivity index (χ0) is 25.6. The van der Waals surface area contributed by atoms with E-state index in [1.54, 1.807) is 0 Å². The Bertz CT molecular complexity index is 1380. The number of rotatable bonds is 4. The lowest BCUT2D eigenvalue weighted by Crippen LogP contribution is -2.56. The summed E-state index contributed by atoms with van der Waals surface area (Å²) in [7, 11) is 0. The molecule has 3 aromatic rings. The number of amides is 1. The second-order valence-electron chi connectivity index (χ2n) is 11.1. The first-order valence-corrected chi connectivity index (χ1v) is 13.7. The number of carbonyl (C=O) groups is 1. The van der Waals surface area contributed by atoms with Crippen LogP contribution in [-0.2, 0) is 17.6 Å². The van der Waals surface area contributed by atoms with Crippen LogP contribution in [0.1, 0.15) is 73.2 Å². The van der Waals surface area contributed by atoms with Gasteiger partial charge < -0.3 is 19.2 Å². The molecule has 1 amide bonds. The Labute approximate surface area is 217 Å². The molecule has 0 radical (unpaired) electrons. The van der Waals surface area contributed by atoms with Gasteiger partial charge in [0.15, 0.2) is 6.61 Å². The van der Waals surface area contributed by atoms with Crippen LogP contribution in [0.25, 0.3) is 11.0 Å². The zero-order valence-electron chi connectivity index (χ0n) is 21.5. The van der Waals surface area contributed by atoms with Gasteiger partial charge in [-0.2, -0.15) is 0 Å². The van der Waals surface area contributed by atoms with Gasteiger partial charge in [-0.15, -0.1) is 0 Å². The van der Waals surface area contributed by atoms with Gasteiger partial charge in [-0.05, 0) is 80.7 Å². The molecule has 6 heteroatoms. The maximum atomic E-state index is 13.7. The average molecular weight is 502 g/mol. The molecule has 194 valence electrons. The van der Waals surface area contributed by atoms with Crippen molar-refractivity contribution < 1.29 is 19.1 Å². The minimum absolute atomic E-state index is 0.0162. The molecule has 2 fully saturated rings. The molecule has 2 aromatic carbocycles. The van der Waals surface area contributed by atoms with E-state index >= 15 is 0 Å². The van der Waals surface area contributed by atoms with Gasteiger partial charge in [0.05, 0.1) is 17.0 Å². The van der Waals surface area contributed by atoms with Crippen molar-refractivity contribution in [2.24, 2.45) is 5.92 Å². The Morgan fingerprint density at radius 1 is 1.08 bits per heavy atom. The monoisotopic (exact) mass is 501 g/mol. The Morgan fingerprint density at radius 2 is 1.86 bits per heavy atom. The number of carbonyl (C=O) groups excluding carboxylic acids is 1. The van der Waals surface area contributed by atoms with Crippen LogP contribution in [0.3, 0.4) is 0 Å². The van der Waals surface area contributed by atoms with E-state index in [4.69, 9.17) is 9.15 Å². The summed E-state index contributed by atoms with van der Waals surface area (Å²) in [6.07, 6.45) is 7.94. The summed E-state index contributed by atoms with van der Waals surface area (Å²) >= 11 is 0. The molecule has 1 saturated carbocycles. The highest BCUT2D eigenvalue weighted by atomic mass is 16.5. The fourth-order valence-electron chi connectivity index (χ4n) is 7.03. The smallest absolute Gasteiger partial charge is 0.339 e. The van der Waals surface area contributed by atoms with E-state index in [0.717, 1.165) is 79.0 Å². The molecule has 1 saturated heterocycles. The minimum Gasteiger partial charge on any atom is -0.483 e. The van der Waals surface area contributed by atoms with E-state index in [1.165, 1.54) is 0 Å². The minimum atomic E-state index is -0.722. The van der Waals surface area contributed by atoms with Crippen molar-refractivity contribution in [3.8, 4) is 5.75 Å². The molecule has 2 heterocycles. The largest absolute Gasteiger partial charge is 0.483 e. The quantitative estimate of drug-likeness (QED) is 0.494. The van der Waals surface area contributed by atoms with E-state index in [9.17, 15) is 14.7 Å². The van der Waals surface area contributed by atoms with E-state index < -0.39 is 5.60 Å². The van der Waals surface area contributed by atoms with Gasteiger partial charge >= 0.3 is 5.63 Å². The average Bonchev–Trinajstić information content (AvgIpc) is 2.91. The van der Waals surface area contributed by atoms with Gasteiger partial charge in [0.2, 0.25) is 0 Å². The Balaban J connectivity index is 1.32. The highest BCUT2D eigenvalue weighted by Crippen LogP contribution is 2.49. The lowest BCUT2D eigenvalue weighted by molar-refractivity contribution is -0.157. The summed E-state index contributed by atoms with van der Waals surface area (Å²) in [4.78, 5) is 28.3. The topological polar surface area (TPSA) is 80.0 Å². The number of benzene rings is 2. The molecular formula is C31H35NO5. The molecular weight excluding hydrogens is 466 g/mol. The number of aliphatic hydroxyl groups is 1.